The number of ether oxygens (including phenoxy) is 1. The quantitative estimate of drug-likeness (QED) is 0.592. The van der Waals surface area contributed by atoms with Gasteiger partial charge in [-0.15, -0.1) is 11.3 Å². The highest BCUT2D eigenvalue weighted by Crippen LogP contribution is 2.26. The molecule has 3 heterocycles. The van der Waals surface area contributed by atoms with E-state index in [0.717, 1.165) is 54.7 Å². The van der Waals surface area contributed by atoms with Crippen molar-refractivity contribution in [1.29, 1.82) is 0 Å². The van der Waals surface area contributed by atoms with E-state index in [-0.39, 0.29) is 5.91 Å². The molecule has 0 aliphatic carbocycles. The summed E-state index contributed by atoms with van der Waals surface area (Å²) in [4.78, 5) is 25.4. The Morgan fingerprint density at radius 2 is 1.97 bits per heavy atom. The molecule has 0 atom stereocenters. The summed E-state index contributed by atoms with van der Waals surface area (Å²) in [5.74, 6) is 1.02. The van der Waals surface area contributed by atoms with E-state index in [1.54, 1.807) is 29.5 Å². The number of methoxy groups -OCH3 is 1. The van der Waals surface area contributed by atoms with E-state index in [9.17, 15) is 4.79 Å². The first-order valence-electron chi connectivity index (χ1n) is 9.62. The van der Waals surface area contributed by atoms with Crippen molar-refractivity contribution in [2.24, 2.45) is 0 Å². The second kappa shape index (κ2) is 9.15. The Kier molecular flexibility index (Phi) is 6.16. The Bertz CT molecular complexity index is 917. The second-order valence-electron chi connectivity index (χ2n) is 6.94. The minimum Gasteiger partial charge on any atom is -0.497 e. The van der Waals surface area contributed by atoms with Gasteiger partial charge in [-0.2, -0.15) is 5.10 Å². The Balaban J connectivity index is 1.25. The van der Waals surface area contributed by atoms with Crippen molar-refractivity contribution in [3.63, 3.8) is 0 Å². The van der Waals surface area contributed by atoms with Crippen LogP contribution in [0.3, 0.4) is 0 Å². The fourth-order valence-electron chi connectivity index (χ4n) is 3.35. The number of rotatable bonds is 7. The molecule has 0 unspecified atom stereocenters. The zero-order valence-electron chi connectivity index (χ0n) is 16.4. The third kappa shape index (κ3) is 4.99. The number of piperazine rings is 1. The molecule has 0 radical (unpaired) electrons. The molecule has 1 aromatic carbocycles. The Labute approximate surface area is 173 Å². The highest BCUT2D eigenvalue weighted by Gasteiger charge is 2.21. The first kappa shape index (κ1) is 19.5. The van der Waals surface area contributed by atoms with E-state index in [2.05, 4.69) is 20.4 Å². The standard InChI is InChI=1S/C20H24N6O2S/c1-28-18-4-2-16(3-5-18)20-23-17(13-29-20)12-24-8-10-25(11-9-24)19(27)6-7-26-15-21-14-22-26/h2-5,13-15H,6-12H2,1H3. The maximum atomic E-state index is 12.4. The van der Waals surface area contributed by atoms with Gasteiger partial charge in [-0.3, -0.25) is 14.4 Å². The topological polar surface area (TPSA) is 76.4 Å². The number of hydrogen-bond acceptors (Lipinski definition) is 7. The molecule has 3 aromatic rings. The SMILES string of the molecule is COc1ccc(-c2nc(CN3CCN(C(=O)CCn4cncn4)CC3)cs2)cc1. The number of carbonyl (C=O) groups excluding carboxylic acids is 1. The number of thiazole rings is 1. The summed E-state index contributed by atoms with van der Waals surface area (Å²) in [5.41, 5.74) is 2.18. The molecule has 29 heavy (non-hydrogen) atoms. The first-order chi connectivity index (χ1) is 14.2. The zero-order valence-corrected chi connectivity index (χ0v) is 17.2. The first-order valence-corrected chi connectivity index (χ1v) is 10.5. The third-order valence-electron chi connectivity index (χ3n) is 5.02. The maximum Gasteiger partial charge on any atom is 0.224 e. The summed E-state index contributed by atoms with van der Waals surface area (Å²) in [6, 6.07) is 7.97. The number of hydrogen-bond donors (Lipinski definition) is 0. The Morgan fingerprint density at radius 3 is 2.66 bits per heavy atom. The van der Waals surface area contributed by atoms with Crippen LogP contribution in [-0.2, 0) is 17.9 Å². The van der Waals surface area contributed by atoms with Crippen LogP contribution in [0.4, 0.5) is 0 Å². The van der Waals surface area contributed by atoms with Crippen LogP contribution < -0.4 is 4.74 Å². The normalized spacial score (nSPS) is 14.9. The summed E-state index contributed by atoms with van der Waals surface area (Å²) in [7, 11) is 1.67. The molecule has 1 fully saturated rings. The lowest BCUT2D eigenvalue weighted by Gasteiger charge is -2.34. The largest absolute Gasteiger partial charge is 0.497 e. The van der Waals surface area contributed by atoms with Gasteiger partial charge in [0.25, 0.3) is 0 Å². The molecule has 1 aliphatic rings. The number of benzene rings is 1. The fraction of sp³-hybridized carbons (Fsp3) is 0.400. The third-order valence-corrected chi connectivity index (χ3v) is 5.96. The van der Waals surface area contributed by atoms with E-state index in [0.29, 0.717) is 13.0 Å². The van der Waals surface area contributed by atoms with Gasteiger partial charge >= 0.3 is 0 Å². The zero-order chi connectivity index (χ0) is 20.1. The summed E-state index contributed by atoms with van der Waals surface area (Å²) < 4.78 is 6.90. The molecule has 8 nitrogen and oxygen atoms in total. The van der Waals surface area contributed by atoms with Gasteiger partial charge in [-0.25, -0.2) is 9.97 Å². The average Bonchev–Trinajstić information content (AvgIpc) is 3.45. The van der Waals surface area contributed by atoms with Crippen LogP contribution >= 0.6 is 11.3 Å². The van der Waals surface area contributed by atoms with E-state index in [4.69, 9.17) is 9.72 Å². The van der Waals surface area contributed by atoms with Gasteiger partial charge in [0.1, 0.15) is 23.4 Å². The van der Waals surface area contributed by atoms with Crippen LogP contribution in [0.25, 0.3) is 10.6 Å². The Morgan fingerprint density at radius 1 is 1.17 bits per heavy atom. The molecule has 0 saturated carbocycles. The predicted molar refractivity (Wildman–Crippen MR) is 111 cm³/mol. The molecular weight excluding hydrogens is 388 g/mol. The van der Waals surface area contributed by atoms with Gasteiger partial charge in [-0.1, -0.05) is 0 Å². The summed E-state index contributed by atoms with van der Waals surface area (Å²) >= 11 is 1.66. The second-order valence-corrected chi connectivity index (χ2v) is 7.80. The van der Waals surface area contributed by atoms with Crippen LogP contribution in [0.5, 0.6) is 5.75 Å². The average molecular weight is 413 g/mol. The van der Waals surface area contributed by atoms with Crippen LogP contribution in [0.15, 0.2) is 42.3 Å². The molecule has 9 heteroatoms. The van der Waals surface area contributed by atoms with Crippen molar-refractivity contribution in [2.45, 2.75) is 19.5 Å². The number of nitrogens with zero attached hydrogens (tertiary/aromatic N) is 6. The Hall–Kier alpha value is -2.78. The van der Waals surface area contributed by atoms with Crippen LogP contribution in [0.2, 0.25) is 0 Å². The molecule has 4 rings (SSSR count). The van der Waals surface area contributed by atoms with Gasteiger partial charge in [0.2, 0.25) is 5.91 Å². The highest BCUT2D eigenvalue weighted by molar-refractivity contribution is 7.13. The molecular formula is C20H24N6O2S. The summed E-state index contributed by atoms with van der Waals surface area (Å²) in [6.07, 6.45) is 3.59. The highest BCUT2D eigenvalue weighted by atomic mass is 32.1. The molecule has 1 amide bonds. The monoisotopic (exact) mass is 412 g/mol. The van der Waals surface area contributed by atoms with E-state index in [1.165, 1.54) is 6.33 Å². The predicted octanol–water partition coefficient (Wildman–Crippen LogP) is 2.14. The number of carbonyl (C=O) groups is 1. The van der Waals surface area contributed by atoms with Gasteiger partial charge in [0.05, 0.1) is 19.3 Å². The van der Waals surface area contributed by atoms with Crippen molar-refractivity contribution in [3.8, 4) is 16.3 Å². The van der Waals surface area contributed by atoms with E-state index >= 15 is 0 Å². The lowest BCUT2D eigenvalue weighted by atomic mass is 10.2. The summed E-state index contributed by atoms with van der Waals surface area (Å²) in [6.45, 7) is 4.63. The number of aromatic nitrogens is 4. The minimum atomic E-state index is 0.176. The van der Waals surface area contributed by atoms with Crippen molar-refractivity contribution in [2.75, 3.05) is 33.3 Å². The van der Waals surface area contributed by atoms with Crippen molar-refractivity contribution < 1.29 is 9.53 Å². The molecule has 0 bridgehead atoms. The molecule has 152 valence electrons. The van der Waals surface area contributed by atoms with Gasteiger partial charge < -0.3 is 9.64 Å². The van der Waals surface area contributed by atoms with Crippen LogP contribution in [0, 0.1) is 0 Å². The van der Waals surface area contributed by atoms with E-state index < -0.39 is 0 Å². The van der Waals surface area contributed by atoms with Gasteiger partial charge in [-0.05, 0) is 24.3 Å². The molecule has 0 N–H and O–H groups in total. The molecule has 0 spiro atoms. The van der Waals surface area contributed by atoms with Crippen LogP contribution in [0.1, 0.15) is 12.1 Å². The molecule has 1 saturated heterocycles. The number of aryl methyl sites for hydroxylation is 1. The van der Waals surface area contributed by atoms with Crippen LogP contribution in [-0.4, -0.2) is 68.7 Å². The lowest BCUT2D eigenvalue weighted by molar-refractivity contribution is -0.133. The smallest absolute Gasteiger partial charge is 0.224 e. The van der Waals surface area contributed by atoms with Crippen molar-refractivity contribution in [3.05, 3.63) is 48.0 Å². The van der Waals surface area contributed by atoms with Crippen molar-refractivity contribution >= 4 is 17.2 Å². The fourth-order valence-corrected chi connectivity index (χ4v) is 4.16. The molecule has 2 aromatic heterocycles. The lowest BCUT2D eigenvalue weighted by Crippen LogP contribution is -2.48. The molecule has 1 aliphatic heterocycles. The number of amides is 1. The van der Waals surface area contributed by atoms with E-state index in [1.807, 2.05) is 29.2 Å². The maximum absolute atomic E-state index is 12.4. The van der Waals surface area contributed by atoms with Gasteiger partial charge in [0.15, 0.2) is 0 Å². The minimum absolute atomic E-state index is 0.176. The van der Waals surface area contributed by atoms with Crippen molar-refractivity contribution in [1.82, 2.24) is 29.5 Å². The van der Waals surface area contributed by atoms with Gasteiger partial charge in [0, 0.05) is 50.1 Å². The summed E-state index contributed by atoms with van der Waals surface area (Å²) in [5, 5.41) is 7.18.